The SMILES string of the molecule is COc1ccc(Cl)cc1Nc1ncnc2sc(-c3ccccc3)cc12. The van der Waals surface area contributed by atoms with E-state index in [0.29, 0.717) is 10.8 Å². The summed E-state index contributed by atoms with van der Waals surface area (Å²) in [7, 11) is 1.63. The fraction of sp³-hybridized carbons (Fsp3) is 0.0526. The smallest absolute Gasteiger partial charge is 0.142 e. The first-order chi connectivity index (χ1) is 12.2. The third-order valence-corrected chi connectivity index (χ3v) is 5.13. The summed E-state index contributed by atoms with van der Waals surface area (Å²) < 4.78 is 5.40. The van der Waals surface area contributed by atoms with Crippen LogP contribution in [-0.2, 0) is 0 Å². The molecule has 0 unspecified atom stereocenters. The van der Waals surface area contributed by atoms with E-state index >= 15 is 0 Å². The number of nitrogens with one attached hydrogen (secondary N) is 1. The van der Waals surface area contributed by atoms with E-state index in [4.69, 9.17) is 16.3 Å². The van der Waals surface area contributed by atoms with Crippen molar-refractivity contribution in [3.8, 4) is 16.2 Å². The number of anilines is 2. The number of halogens is 1. The molecule has 4 rings (SSSR count). The number of nitrogens with zero attached hydrogens (tertiary/aromatic N) is 2. The Balaban J connectivity index is 1.78. The third kappa shape index (κ3) is 3.16. The molecule has 25 heavy (non-hydrogen) atoms. The Hall–Kier alpha value is -2.63. The molecule has 4 nitrogen and oxygen atoms in total. The lowest BCUT2D eigenvalue weighted by atomic mass is 10.2. The molecular weight excluding hydrogens is 354 g/mol. The van der Waals surface area contributed by atoms with Gasteiger partial charge in [0.2, 0.25) is 0 Å². The average molecular weight is 368 g/mol. The molecule has 0 radical (unpaired) electrons. The third-order valence-electron chi connectivity index (χ3n) is 3.80. The minimum absolute atomic E-state index is 0.629. The van der Waals surface area contributed by atoms with Crippen molar-refractivity contribution in [3.05, 3.63) is 65.9 Å². The van der Waals surface area contributed by atoms with Crippen molar-refractivity contribution in [1.29, 1.82) is 0 Å². The summed E-state index contributed by atoms with van der Waals surface area (Å²) >= 11 is 7.76. The van der Waals surface area contributed by atoms with Gasteiger partial charge in [0.15, 0.2) is 0 Å². The van der Waals surface area contributed by atoms with Crippen molar-refractivity contribution in [2.45, 2.75) is 0 Å². The van der Waals surface area contributed by atoms with Crippen LogP contribution in [0, 0.1) is 0 Å². The van der Waals surface area contributed by atoms with Gasteiger partial charge < -0.3 is 10.1 Å². The topological polar surface area (TPSA) is 47.0 Å². The molecule has 0 bridgehead atoms. The van der Waals surface area contributed by atoms with Crippen molar-refractivity contribution in [2.75, 3.05) is 12.4 Å². The second kappa shape index (κ2) is 6.70. The van der Waals surface area contributed by atoms with Gasteiger partial charge in [0, 0.05) is 9.90 Å². The number of ether oxygens (including phenoxy) is 1. The van der Waals surface area contributed by atoms with E-state index in [9.17, 15) is 0 Å². The van der Waals surface area contributed by atoms with E-state index in [2.05, 4.69) is 33.5 Å². The standard InChI is InChI=1S/C19H14ClN3OS/c1-24-16-8-7-13(20)9-15(16)23-18-14-10-17(12-5-3-2-4-6-12)25-19(14)22-11-21-18/h2-11H,1H3,(H,21,22,23). The Morgan fingerprint density at radius 1 is 1.04 bits per heavy atom. The van der Waals surface area contributed by atoms with Crippen LogP contribution in [0.15, 0.2) is 60.9 Å². The Morgan fingerprint density at radius 3 is 2.68 bits per heavy atom. The van der Waals surface area contributed by atoms with Gasteiger partial charge in [-0.2, -0.15) is 0 Å². The first kappa shape index (κ1) is 15.9. The van der Waals surface area contributed by atoms with Gasteiger partial charge in [-0.05, 0) is 29.8 Å². The van der Waals surface area contributed by atoms with Crippen LogP contribution < -0.4 is 10.1 Å². The molecule has 0 atom stereocenters. The van der Waals surface area contributed by atoms with E-state index in [1.165, 1.54) is 0 Å². The van der Waals surface area contributed by atoms with Gasteiger partial charge >= 0.3 is 0 Å². The van der Waals surface area contributed by atoms with Gasteiger partial charge in [-0.15, -0.1) is 11.3 Å². The Kier molecular flexibility index (Phi) is 4.26. The van der Waals surface area contributed by atoms with E-state index in [-0.39, 0.29) is 0 Å². The maximum Gasteiger partial charge on any atom is 0.142 e. The summed E-state index contributed by atoms with van der Waals surface area (Å²) in [6, 6.07) is 17.8. The number of thiophene rings is 1. The summed E-state index contributed by atoms with van der Waals surface area (Å²) in [5.41, 5.74) is 1.93. The zero-order chi connectivity index (χ0) is 17.2. The molecule has 0 aliphatic carbocycles. The summed E-state index contributed by atoms with van der Waals surface area (Å²) in [5.74, 6) is 1.43. The normalized spacial score (nSPS) is 10.8. The van der Waals surface area contributed by atoms with Crippen LogP contribution in [0.5, 0.6) is 5.75 Å². The molecule has 0 fully saturated rings. The number of rotatable bonds is 4. The average Bonchev–Trinajstić information content (AvgIpc) is 3.08. The number of hydrogen-bond acceptors (Lipinski definition) is 5. The van der Waals surface area contributed by atoms with Gasteiger partial charge in [0.1, 0.15) is 22.7 Å². The fourth-order valence-corrected chi connectivity index (χ4v) is 3.78. The van der Waals surface area contributed by atoms with Crippen LogP contribution in [0.2, 0.25) is 5.02 Å². The lowest BCUT2D eigenvalue weighted by molar-refractivity contribution is 0.417. The molecular formula is C19H14ClN3OS. The van der Waals surface area contributed by atoms with Crippen molar-refractivity contribution in [2.24, 2.45) is 0 Å². The lowest BCUT2D eigenvalue weighted by Gasteiger charge is -2.11. The number of hydrogen-bond donors (Lipinski definition) is 1. The van der Waals surface area contributed by atoms with Gasteiger partial charge in [0.25, 0.3) is 0 Å². The van der Waals surface area contributed by atoms with Crippen LogP contribution in [0.3, 0.4) is 0 Å². The predicted octanol–water partition coefficient (Wildman–Crippen LogP) is 5.76. The Morgan fingerprint density at radius 2 is 1.88 bits per heavy atom. The molecule has 2 heterocycles. The molecule has 1 N–H and O–H groups in total. The summed E-state index contributed by atoms with van der Waals surface area (Å²) in [4.78, 5) is 10.9. The van der Waals surface area contributed by atoms with Crippen molar-refractivity contribution in [1.82, 2.24) is 9.97 Å². The van der Waals surface area contributed by atoms with Gasteiger partial charge in [-0.25, -0.2) is 9.97 Å². The monoisotopic (exact) mass is 367 g/mol. The summed E-state index contributed by atoms with van der Waals surface area (Å²) in [6.07, 6.45) is 1.56. The molecule has 124 valence electrons. The quantitative estimate of drug-likeness (QED) is 0.497. The van der Waals surface area contributed by atoms with Gasteiger partial charge in [0.05, 0.1) is 18.2 Å². The van der Waals surface area contributed by atoms with Crippen LogP contribution in [-0.4, -0.2) is 17.1 Å². The molecule has 0 aliphatic rings. The Labute approximate surface area is 154 Å². The number of fused-ring (bicyclic) bond motifs is 1. The van der Waals surface area contributed by atoms with E-state index in [1.807, 2.05) is 30.3 Å². The highest BCUT2D eigenvalue weighted by molar-refractivity contribution is 7.21. The zero-order valence-corrected chi connectivity index (χ0v) is 14.9. The van der Waals surface area contributed by atoms with Crippen LogP contribution in [0.4, 0.5) is 11.5 Å². The molecule has 0 saturated heterocycles. The van der Waals surface area contributed by atoms with Gasteiger partial charge in [-0.1, -0.05) is 41.9 Å². The summed E-state index contributed by atoms with van der Waals surface area (Å²) in [5, 5.41) is 4.91. The molecule has 4 aromatic rings. The largest absolute Gasteiger partial charge is 0.495 e. The molecule has 2 aromatic heterocycles. The van der Waals surface area contributed by atoms with E-state index < -0.39 is 0 Å². The highest BCUT2D eigenvalue weighted by atomic mass is 35.5. The molecule has 2 aromatic carbocycles. The second-order valence-electron chi connectivity index (χ2n) is 5.39. The highest BCUT2D eigenvalue weighted by Crippen LogP contribution is 2.37. The fourth-order valence-electron chi connectivity index (χ4n) is 2.61. The lowest BCUT2D eigenvalue weighted by Crippen LogP contribution is -1.97. The van der Waals surface area contributed by atoms with Crippen LogP contribution in [0.25, 0.3) is 20.7 Å². The van der Waals surface area contributed by atoms with Crippen molar-refractivity contribution >= 4 is 44.7 Å². The van der Waals surface area contributed by atoms with Crippen LogP contribution >= 0.6 is 22.9 Å². The van der Waals surface area contributed by atoms with E-state index in [1.54, 1.807) is 30.8 Å². The molecule has 0 saturated carbocycles. The first-order valence-electron chi connectivity index (χ1n) is 7.65. The molecule has 0 amide bonds. The van der Waals surface area contributed by atoms with Crippen molar-refractivity contribution < 1.29 is 4.74 Å². The number of methoxy groups -OCH3 is 1. The first-order valence-corrected chi connectivity index (χ1v) is 8.84. The molecule has 0 spiro atoms. The molecule has 6 heteroatoms. The zero-order valence-electron chi connectivity index (χ0n) is 13.4. The summed E-state index contributed by atoms with van der Waals surface area (Å²) in [6.45, 7) is 0. The minimum Gasteiger partial charge on any atom is -0.495 e. The van der Waals surface area contributed by atoms with E-state index in [0.717, 1.165) is 32.2 Å². The van der Waals surface area contributed by atoms with Crippen molar-refractivity contribution in [3.63, 3.8) is 0 Å². The maximum absolute atomic E-state index is 6.12. The maximum atomic E-state index is 6.12. The van der Waals surface area contributed by atoms with Crippen LogP contribution in [0.1, 0.15) is 0 Å². The molecule has 0 aliphatic heterocycles. The highest BCUT2D eigenvalue weighted by Gasteiger charge is 2.12. The van der Waals surface area contributed by atoms with Gasteiger partial charge in [-0.3, -0.25) is 0 Å². The minimum atomic E-state index is 0.629. The number of aromatic nitrogens is 2. The Bertz CT molecular complexity index is 1030. The number of benzene rings is 2. The predicted molar refractivity (Wildman–Crippen MR) is 104 cm³/mol. The second-order valence-corrected chi connectivity index (χ2v) is 6.85.